The molecule has 1 amide bonds. The molecule has 1 aliphatic heterocycles. The molecule has 1 saturated heterocycles. The molecule has 5 nitrogen and oxygen atoms in total. The van der Waals surface area contributed by atoms with Gasteiger partial charge in [-0.05, 0) is 37.0 Å². The minimum atomic E-state index is -0.969. The van der Waals surface area contributed by atoms with Crippen LogP contribution in [0.5, 0.6) is 11.5 Å². The van der Waals surface area contributed by atoms with Crippen LogP contribution in [0.1, 0.15) is 44.6 Å². The van der Waals surface area contributed by atoms with E-state index in [0.717, 1.165) is 18.4 Å². The van der Waals surface area contributed by atoms with Gasteiger partial charge in [0.2, 0.25) is 5.91 Å². The lowest BCUT2D eigenvalue weighted by Crippen LogP contribution is -2.46. The molecule has 0 aliphatic carbocycles. The Labute approximate surface area is 138 Å². The largest absolute Gasteiger partial charge is 0.493 e. The highest BCUT2D eigenvalue weighted by molar-refractivity contribution is 5.79. The van der Waals surface area contributed by atoms with Gasteiger partial charge in [0.25, 0.3) is 0 Å². The third-order valence-corrected chi connectivity index (χ3v) is 4.55. The van der Waals surface area contributed by atoms with E-state index in [1.807, 2.05) is 18.2 Å². The van der Waals surface area contributed by atoms with Crippen molar-refractivity contribution in [3.8, 4) is 11.5 Å². The number of unbranched alkanes of at least 4 members (excludes halogenated alkanes) is 1. The normalized spacial score (nSPS) is 20.9. The van der Waals surface area contributed by atoms with Crippen LogP contribution in [-0.4, -0.2) is 42.4 Å². The Balaban J connectivity index is 2.05. The molecule has 1 N–H and O–H groups in total. The fourth-order valence-electron chi connectivity index (χ4n) is 3.14. The third kappa shape index (κ3) is 3.96. The van der Waals surface area contributed by atoms with Crippen molar-refractivity contribution in [3.05, 3.63) is 23.8 Å². The molecule has 23 heavy (non-hydrogen) atoms. The molecule has 1 unspecified atom stereocenters. The molecule has 0 radical (unpaired) electrons. The quantitative estimate of drug-likeness (QED) is 0.800. The zero-order chi connectivity index (χ0) is 16.9. The van der Waals surface area contributed by atoms with Crippen LogP contribution in [0.25, 0.3) is 0 Å². The molecular formula is C18H27NO4. The predicted molar refractivity (Wildman–Crippen MR) is 88.7 cm³/mol. The summed E-state index contributed by atoms with van der Waals surface area (Å²) in [6, 6.07) is 5.75. The molecule has 0 aromatic heterocycles. The highest BCUT2D eigenvalue weighted by atomic mass is 16.5. The maximum Gasteiger partial charge on any atom is 0.225 e. The van der Waals surface area contributed by atoms with Crippen molar-refractivity contribution in [3.63, 3.8) is 0 Å². The Morgan fingerprint density at radius 2 is 2.00 bits per heavy atom. The number of hydrogen-bond acceptors (Lipinski definition) is 4. The standard InChI is InChI=1S/C18H27NO4/c1-4-5-10-18(21)11-8-17(20)19(18)12-9-14-6-7-15(22-2)16(13-14)23-3/h6-7,13,21H,4-5,8-12H2,1-3H3. The summed E-state index contributed by atoms with van der Waals surface area (Å²) in [7, 11) is 3.21. The Bertz CT molecular complexity index is 546. The van der Waals surface area contributed by atoms with E-state index in [1.54, 1.807) is 19.1 Å². The molecular weight excluding hydrogens is 294 g/mol. The molecule has 0 saturated carbocycles. The molecule has 1 atom stereocenters. The molecule has 5 heteroatoms. The van der Waals surface area contributed by atoms with Crippen LogP contribution in [-0.2, 0) is 11.2 Å². The lowest BCUT2D eigenvalue weighted by Gasteiger charge is -2.34. The van der Waals surface area contributed by atoms with Gasteiger partial charge in [0.1, 0.15) is 5.72 Å². The molecule has 1 heterocycles. The number of hydrogen-bond donors (Lipinski definition) is 1. The molecule has 1 aliphatic rings. The fraction of sp³-hybridized carbons (Fsp3) is 0.611. The molecule has 1 aromatic rings. The first-order chi connectivity index (χ1) is 11.0. The number of methoxy groups -OCH3 is 2. The summed E-state index contributed by atoms with van der Waals surface area (Å²) < 4.78 is 10.5. The van der Waals surface area contributed by atoms with Crippen LogP contribution in [0, 0.1) is 0 Å². The smallest absolute Gasteiger partial charge is 0.225 e. The van der Waals surface area contributed by atoms with Gasteiger partial charge in [-0.2, -0.15) is 0 Å². The van der Waals surface area contributed by atoms with Gasteiger partial charge in [-0.15, -0.1) is 0 Å². The zero-order valence-electron chi connectivity index (χ0n) is 14.3. The van der Waals surface area contributed by atoms with Crippen LogP contribution >= 0.6 is 0 Å². The number of likely N-dealkylation sites (tertiary alicyclic amines) is 1. The van der Waals surface area contributed by atoms with Crippen molar-refractivity contribution < 1.29 is 19.4 Å². The summed E-state index contributed by atoms with van der Waals surface area (Å²) in [5.74, 6) is 1.41. The first kappa shape index (κ1) is 17.6. The maximum absolute atomic E-state index is 12.1. The second kappa shape index (κ2) is 7.68. The van der Waals surface area contributed by atoms with Crippen LogP contribution < -0.4 is 9.47 Å². The fourth-order valence-corrected chi connectivity index (χ4v) is 3.14. The van der Waals surface area contributed by atoms with Crippen LogP contribution in [0.15, 0.2) is 18.2 Å². The highest BCUT2D eigenvalue weighted by Crippen LogP contribution is 2.33. The summed E-state index contributed by atoms with van der Waals surface area (Å²) in [5, 5.41) is 10.8. The van der Waals surface area contributed by atoms with Crippen molar-refractivity contribution >= 4 is 5.91 Å². The van der Waals surface area contributed by atoms with Crippen molar-refractivity contribution in [1.82, 2.24) is 4.90 Å². The Hall–Kier alpha value is -1.75. The van der Waals surface area contributed by atoms with E-state index >= 15 is 0 Å². The summed E-state index contributed by atoms with van der Waals surface area (Å²) in [4.78, 5) is 13.8. The number of benzene rings is 1. The second-order valence-electron chi connectivity index (χ2n) is 6.07. The SMILES string of the molecule is CCCCC1(O)CCC(=O)N1CCc1ccc(OC)c(OC)c1. The Morgan fingerprint density at radius 1 is 1.26 bits per heavy atom. The highest BCUT2D eigenvalue weighted by Gasteiger charge is 2.42. The van der Waals surface area contributed by atoms with E-state index in [9.17, 15) is 9.90 Å². The van der Waals surface area contributed by atoms with Crippen molar-refractivity contribution in [2.24, 2.45) is 0 Å². The Kier molecular flexibility index (Phi) is 5.88. The first-order valence-electron chi connectivity index (χ1n) is 8.28. The molecule has 0 spiro atoms. The molecule has 1 fully saturated rings. The molecule has 0 bridgehead atoms. The van der Waals surface area contributed by atoms with Gasteiger partial charge in [-0.1, -0.05) is 19.4 Å². The van der Waals surface area contributed by atoms with E-state index in [4.69, 9.17) is 9.47 Å². The van der Waals surface area contributed by atoms with Gasteiger partial charge in [0.05, 0.1) is 14.2 Å². The second-order valence-corrected chi connectivity index (χ2v) is 6.07. The number of amides is 1. The maximum atomic E-state index is 12.1. The van der Waals surface area contributed by atoms with Crippen LogP contribution in [0.2, 0.25) is 0 Å². The van der Waals surface area contributed by atoms with Gasteiger partial charge < -0.3 is 19.5 Å². The van der Waals surface area contributed by atoms with Gasteiger partial charge >= 0.3 is 0 Å². The minimum absolute atomic E-state index is 0.0454. The molecule has 1 aromatic carbocycles. The first-order valence-corrected chi connectivity index (χ1v) is 8.28. The topological polar surface area (TPSA) is 59.0 Å². The summed E-state index contributed by atoms with van der Waals surface area (Å²) in [5.41, 5.74) is 0.0871. The van der Waals surface area contributed by atoms with Gasteiger partial charge in [-0.3, -0.25) is 4.79 Å². The van der Waals surface area contributed by atoms with E-state index < -0.39 is 5.72 Å². The number of aliphatic hydroxyl groups is 1. The predicted octanol–water partition coefficient (Wildman–Crippen LogP) is 2.75. The minimum Gasteiger partial charge on any atom is -0.493 e. The lowest BCUT2D eigenvalue weighted by atomic mass is 10.0. The van der Waals surface area contributed by atoms with Crippen molar-refractivity contribution in [2.75, 3.05) is 20.8 Å². The summed E-state index contributed by atoms with van der Waals surface area (Å²) >= 11 is 0. The third-order valence-electron chi connectivity index (χ3n) is 4.55. The van der Waals surface area contributed by atoms with Crippen molar-refractivity contribution in [2.45, 2.75) is 51.2 Å². The lowest BCUT2D eigenvalue weighted by molar-refractivity contribution is -0.146. The van der Waals surface area contributed by atoms with Gasteiger partial charge in [-0.25, -0.2) is 0 Å². The number of carbonyl (C=O) groups is 1. The van der Waals surface area contributed by atoms with E-state index in [1.165, 1.54) is 0 Å². The number of carbonyl (C=O) groups excluding carboxylic acids is 1. The van der Waals surface area contributed by atoms with Crippen molar-refractivity contribution in [1.29, 1.82) is 0 Å². The average Bonchev–Trinajstić information content (AvgIpc) is 2.85. The van der Waals surface area contributed by atoms with Gasteiger partial charge in [0.15, 0.2) is 11.5 Å². The monoisotopic (exact) mass is 321 g/mol. The number of nitrogens with zero attached hydrogens (tertiary/aromatic N) is 1. The number of ether oxygens (including phenoxy) is 2. The molecule has 2 rings (SSSR count). The summed E-state index contributed by atoms with van der Waals surface area (Å²) in [6.07, 6.45) is 4.25. The van der Waals surface area contributed by atoms with Gasteiger partial charge in [0, 0.05) is 19.4 Å². The number of rotatable bonds is 8. The summed E-state index contributed by atoms with van der Waals surface area (Å²) in [6.45, 7) is 2.61. The average molecular weight is 321 g/mol. The van der Waals surface area contributed by atoms with E-state index in [2.05, 4.69) is 6.92 Å². The van der Waals surface area contributed by atoms with E-state index in [-0.39, 0.29) is 5.91 Å². The van der Waals surface area contributed by atoms with Crippen LogP contribution in [0.4, 0.5) is 0 Å². The van der Waals surface area contributed by atoms with Crippen LogP contribution in [0.3, 0.4) is 0 Å². The van der Waals surface area contributed by atoms with E-state index in [0.29, 0.717) is 43.7 Å². The zero-order valence-corrected chi connectivity index (χ0v) is 14.3. The Morgan fingerprint density at radius 3 is 2.65 bits per heavy atom. The molecule has 128 valence electrons.